The topological polar surface area (TPSA) is 95.6 Å². The molecular weight excluding hydrogens is 372 g/mol. The SMILES string of the molecule is CCn1nc(C(=O)OCc2cc(=O)n3cc(C)ccc3n2)c2ccccc2c1=O. The molecule has 3 heterocycles. The molecule has 0 aliphatic heterocycles. The van der Waals surface area contributed by atoms with E-state index >= 15 is 0 Å². The molecule has 8 heteroatoms. The average molecular weight is 390 g/mol. The van der Waals surface area contributed by atoms with Gasteiger partial charge < -0.3 is 4.74 Å². The Balaban J connectivity index is 1.67. The number of rotatable bonds is 4. The first-order valence-corrected chi connectivity index (χ1v) is 9.14. The van der Waals surface area contributed by atoms with Crippen LogP contribution in [0.2, 0.25) is 0 Å². The number of carbonyl (C=O) groups excluding carboxylic acids is 1. The summed E-state index contributed by atoms with van der Waals surface area (Å²) in [5.41, 5.74) is 1.27. The number of ether oxygens (including phenoxy) is 1. The van der Waals surface area contributed by atoms with Crippen LogP contribution in [0.25, 0.3) is 16.4 Å². The summed E-state index contributed by atoms with van der Waals surface area (Å²) >= 11 is 0. The van der Waals surface area contributed by atoms with Crippen molar-refractivity contribution in [3.05, 3.63) is 86.3 Å². The molecule has 146 valence electrons. The van der Waals surface area contributed by atoms with E-state index in [1.807, 2.05) is 13.0 Å². The number of aryl methyl sites for hydroxylation is 2. The normalized spacial score (nSPS) is 11.1. The maximum Gasteiger partial charge on any atom is 0.359 e. The highest BCUT2D eigenvalue weighted by Gasteiger charge is 2.18. The van der Waals surface area contributed by atoms with Gasteiger partial charge in [0.05, 0.1) is 11.1 Å². The number of pyridine rings is 1. The Morgan fingerprint density at radius 3 is 2.62 bits per heavy atom. The van der Waals surface area contributed by atoms with Crippen molar-refractivity contribution in [3.63, 3.8) is 0 Å². The standard InChI is InChI=1S/C21H18N4O4/c1-3-25-20(27)16-7-5-4-6-15(16)19(23-25)21(28)29-12-14-10-18(26)24-11-13(2)8-9-17(24)22-14/h4-11H,3,12H2,1-2H3. The Morgan fingerprint density at radius 2 is 1.86 bits per heavy atom. The number of benzene rings is 1. The fraction of sp³-hybridized carbons (Fsp3) is 0.190. The molecule has 0 atom stereocenters. The number of aromatic nitrogens is 4. The van der Waals surface area contributed by atoms with Gasteiger partial charge in [0.2, 0.25) is 0 Å². The molecule has 0 radical (unpaired) electrons. The van der Waals surface area contributed by atoms with E-state index in [9.17, 15) is 14.4 Å². The highest BCUT2D eigenvalue weighted by Crippen LogP contribution is 2.15. The van der Waals surface area contributed by atoms with E-state index < -0.39 is 5.97 Å². The van der Waals surface area contributed by atoms with Gasteiger partial charge in [-0.2, -0.15) is 5.10 Å². The van der Waals surface area contributed by atoms with Gasteiger partial charge in [-0.25, -0.2) is 14.5 Å². The summed E-state index contributed by atoms with van der Waals surface area (Å²) in [6, 6.07) is 11.7. The lowest BCUT2D eigenvalue weighted by Gasteiger charge is -2.10. The van der Waals surface area contributed by atoms with Crippen molar-refractivity contribution >= 4 is 22.4 Å². The summed E-state index contributed by atoms with van der Waals surface area (Å²) in [6.45, 7) is 3.80. The highest BCUT2D eigenvalue weighted by atomic mass is 16.5. The number of nitrogens with zero attached hydrogens (tertiary/aromatic N) is 4. The molecule has 8 nitrogen and oxygen atoms in total. The fourth-order valence-electron chi connectivity index (χ4n) is 3.14. The van der Waals surface area contributed by atoms with Crippen molar-refractivity contribution in [3.8, 4) is 0 Å². The zero-order chi connectivity index (χ0) is 20.5. The second-order valence-corrected chi connectivity index (χ2v) is 6.61. The van der Waals surface area contributed by atoms with E-state index in [1.54, 1.807) is 43.5 Å². The molecule has 0 amide bonds. The summed E-state index contributed by atoms with van der Waals surface area (Å²) in [5, 5.41) is 4.97. The van der Waals surface area contributed by atoms with Gasteiger partial charge in [-0.1, -0.05) is 24.3 Å². The van der Waals surface area contributed by atoms with Crippen LogP contribution in [0.5, 0.6) is 0 Å². The molecule has 0 fully saturated rings. The minimum Gasteiger partial charge on any atom is -0.454 e. The van der Waals surface area contributed by atoms with Crippen LogP contribution in [0, 0.1) is 6.92 Å². The Labute approximate surface area is 165 Å². The molecular formula is C21H18N4O4. The van der Waals surface area contributed by atoms with E-state index in [-0.39, 0.29) is 23.4 Å². The molecule has 0 aliphatic carbocycles. The summed E-state index contributed by atoms with van der Waals surface area (Å²) in [4.78, 5) is 41.8. The summed E-state index contributed by atoms with van der Waals surface area (Å²) in [5.74, 6) is -0.686. The number of esters is 1. The monoisotopic (exact) mass is 390 g/mol. The third-order valence-corrected chi connectivity index (χ3v) is 4.57. The van der Waals surface area contributed by atoms with Gasteiger partial charge >= 0.3 is 5.97 Å². The smallest absolute Gasteiger partial charge is 0.359 e. The number of carbonyl (C=O) groups is 1. The van der Waals surface area contributed by atoms with E-state index in [0.29, 0.717) is 28.7 Å². The van der Waals surface area contributed by atoms with E-state index in [2.05, 4.69) is 10.1 Å². The molecule has 0 bridgehead atoms. The predicted molar refractivity (Wildman–Crippen MR) is 107 cm³/mol. The van der Waals surface area contributed by atoms with Crippen molar-refractivity contribution in [2.45, 2.75) is 27.0 Å². The Kier molecular flexibility index (Phi) is 4.67. The van der Waals surface area contributed by atoms with Crippen LogP contribution < -0.4 is 11.1 Å². The minimum absolute atomic E-state index is 0.0511. The van der Waals surface area contributed by atoms with Crippen molar-refractivity contribution in [2.75, 3.05) is 0 Å². The lowest BCUT2D eigenvalue weighted by molar-refractivity contribution is 0.0460. The number of hydrogen-bond acceptors (Lipinski definition) is 6. The molecule has 0 saturated heterocycles. The Morgan fingerprint density at radius 1 is 1.10 bits per heavy atom. The summed E-state index contributed by atoms with van der Waals surface area (Å²) < 4.78 is 8.02. The van der Waals surface area contributed by atoms with Gasteiger partial charge in [0.1, 0.15) is 12.3 Å². The highest BCUT2D eigenvalue weighted by molar-refractivity contribution is 6.02. The fourth-order valence-corrected chi connectivity index (χ4v) is 3.14. The van der Waals surface area contributed by atoms with Crippen LogP contribution >= 0.6 is 0 Å². The summed E-state index contributed by atoms with van der Waals surface area (Å²) in [7, 11) is 0. The zero-order valence-corrected chi connectivity index (χ0v) is 16.0. The molecule has 0 N–H and O–H groups in total. The Bertz CT molecular complexity index is 1370. The predicted octanol–water partition coefficient (Wildman–Crippen LogP) is 2.09. The van der Waals surface area contributed by atoms with E-state index in [4.69, 9.17) is 4.74 Å². The van der Waals surface area contributed by atoms with Crippen molar-refractivity contribution < 1.29 is 9.53 Å². The van der Waals surface area contributed by atoms with Crippen LogP contribution in [0.4, 0.5) is 0 Å². The molecule has 29 heavy (non-hydrogen) atoms. The number of hydrogen-bond donors (Lipinski definition) is 0. The molecule has 0 unspecified atom stereocenters. The summed E-state index contributed by atoms with van der Waals surface area (Å²) in [6.07, 6.45) is 1.70. The molecule has 0 spiro atoms. The van der Waals surface area contributed by atoms with Crippen LogP contribution in [0.3, 0.4) is 0 Å². The third kappa shape index (κ3) is 3.40. The van der Waals surface area contributed by atoms with Gasteiger partial charge in [-0.15, -0.1) is 0 Å². The average Bonchev–Trinajstić information content (AvgIpc) is 2.73. The zero-order valence-electron chi connectivity index (χ0n) is 16.0. The van der Waals surface area contributed by atoms with Crippen molar-refractivity contribution in [1.29, 1.82) is 0 Å². The van der Waals surface area contributed by atoms with Gasteiger partial charge in [0.25, 0.3) is 11.1 Å². The lowest BCUT2D eigenvalue weighted by atomic mass is 10.1. The van der Waals surface area contributed by atoms with Crippen LogP contribution in [-0.4, -0.2) is 25.1 Å². The largest absolute Gasteiger partial charge is 0.454 e. The van der Waals surface area contributed by atoms with Crippen molar-refractivity contribution in [1.82, 2.24) is 19.2 Å². The first kappa shape index (κ1) is 18.5. The lowest BCUT2D eigenvalue weighted by Crippen LogP contribution is -2.26. The maximum atomic E-state index is 12.7. The molecule has 4 rings (SSSR count). The quantitative estimate of drug-likeness (QED) is 0.495. The molecule has 4 aromatic rings. The minimum atomic E-state index is -0.686. The molecule has 0 aliphatic rings. The first-order chi connectivity index (χ1) is 14.0. The van der Waals surface area contributed by atoms with Gasteiger partial charge in [-0.3, -0.25) is 14.0 Å². The molecule has 0 saturated carbocycles. The third-order valence-electron chi connectivity index (χ3n) is 4.57. The molecule has 1 aromatic carbocycles. The second kappa shape index (κ2) is 7.31. The Hall–Kier alpha value is -3.81. The molecule has 3 aromatic heterocycles. The number of fused-ring (bicyclic) bond motifs is 2. The van der Waals surface area contributed by atoms with E-state index in [1.165, 1.54) is 15.1 Å². The van der Waals surface area contributed by atoms with Crippen LogP contribution in [-0.2, 0) is 17.9 Å². The first-order valence-electron chi connectivity index (χ1n) is 9.14. The second-order valence-electron chi connectivity index (χ2n) is 6.61. The van der Waals surface area contributed by atoms with Gasteiger partial charge in [0.15, 0.2) is 5.69 Å². The van der Waals surface area contributed by atoms with Crippen LogP contribution in [0.1, 0.15) is 28.7 Å². The maximum absolute atomic E-state index is 12.7. The van der Waals surface area contributed by atoms with Gasteiger partial charge in [-0.05, 0) is 31.5 Å². The van der Waals surface area contributed by atoms with Crippen LogP contribution in [0.15, 0.2) is 58.3 Å². The van der Waals surface area contributed by atoms with Crippen molar-refractivity contribution in [2.24, 2.45) is 0 Å². The van der Waals surface area contributed by atoms with Gasteiger partial charge in [0, 0.05) is 24.2 Å². The van der Waals surface area contributed by atoms with E-state index in [0.717, 1.165) is 5.56 Å².